The number of hydrogen-bond acceptors (Lipinski definition) is 5. The van der Waals surface area contributed by atoms with Crippen LogP contribution in [0.15, 0.2) is 18.3 Å². The molecular weight excluding hydrogens is 348 g/mol. The van der Waals surface area contributed by atoms with Gasteiger partial charge >= 0.3 is 12.0 Å². The molecule has 3 rings (SSSR count). The van der Waals surface area contributed by atoms with Crippen molar-refractivity contribution in [3.05, 3.63) is 23.9 Å². The van der Waals surface area contributed by atoms with Crippen LogP contribution in [0, 0.1) is 5.92 Å². The van der Waals surface area contributed by atoms with Crippen LogP contribution >= 0.6 is 0 Å². The van der Waals surface area contributed by atoms with E-state index in [0.717, 1.165) is 25.0 Å². The molecular formula is C19H28N4O4. The third kappa shape index (κ3) is 6.09. The highest BCUT2D eigenvalue weighted by atomic mass is 16.5. The number of aliphatic carboxylic acids is 1. The molecule has 27 heavy (non-hydrogen) atoms. The highest BCUT2D eigenvalue weighted by molar-refractivity contribution is 5.74. The molecule has 1 aromatic heterocycles. The smallest absolute Gasteiger partial charge is 0.317 e. The molecule has 2 aliphatic carbocycles. The number of likely N-dealkylation sites (N-methyl/N-ethyl adjacent to an activating group) is 1. The van der Waals surface area contributed by atoms with E-state index in [1.807, 2.05) is 24.0 Å². The van der Waals surface area contributed by atoms with Gasteiger partial charge in [0.15, 0.2) is 0 Å². The molecule has 8 heteroatoms. The molecule has 2 aliphatic rings. The van der Waals surface area contributed by atoms with E-state index in [-0.39, 0.29) is 24.7 Å². The molecule has 2 fully saturated rings. The molecule has 8 nitrogen and oxygen atoms in total. The van der Waals surface area contributed by atoms with Gasteiger partial charge in [0.2, 0.25) is 5.88 Å². The van der Waals surface area contributed by atoms with Gasteiger partial charge in [-0.25, -0.2) is 9.78 Å². The SMILES string of the molecule is CCN(CC(=O)O)C1CC(NC(=O)NCc2ccc(OCC3CC3)nc2)C1. The van der Waals surface area contributed by atoms with Gasteiger partial charge < -0.3 is 20.5 Å². The van der Waals surface area contributed by atoms with Crippen molar-refractivity contribution in [3.63, 3.8) is 0 Å². The van der Waals surface area contributed by atoms with Crippen molar-refractivity contribution in [2.75, 3.05) is 19.7 Å². The molecule has 0 bridgehead atoms. The van der Waals surface area contributed by atoms with E-state index in [1.165, 1.54) is 12.8 Å². The summed E-state index contributed by atoms with van der Waals surface area (Å²) in [6, 6.07) is 3.84. The Bertz CT molecular complexity index is 642. The van der Waals surface area contributed by atoms with Gasteiger partial charge in [0.05, 0.1) is 13.2 Å². The Morgan fingerprint density at radius 2 is 2.11 bits per heavy atom. The zero-order chi connectivity index (χ0) is 19.2. The second-order valence-corrected chi connectivity index (χ2v) is 7.37. The fourth-order valence-electron chi connectivity index (χ4n) is 3.18. The number of rotatable bonds is 10. The second-order valence-electron chi connectivity index (χ2n) is 7.37. The Hall–Kier alpha value is -2.35. The molecule has 2 saturated carbocycles. The number of amides is 2. The molecule has 0 atom stereocenters. The molecule has 1 aromatic rings. The lowest BCUT2D eigenvalue weighted by atomic mass is 9.85. The van der Waals surface area contributed by atoms with E-state index >= 15 is 0 Å². The first-order valence-corrected chi connectivity index (χ1v) is 9.61. The van der Waals surface area contributed by atoms with Crippen LogP contribution in [0.3, 0.4) is 0 Å². The van der Waals surface area contributed by atoms with E-state index in [4.69, 9.17) is 9.84 Å². The number of hydrogen-bond donors (Lipinski definition) is 3. The first-order valence-electron chi connectivity index (χ1n) is 9.61. The van der Waals surface area contributed by atoms with Gasteiger partial charge in [-0.15, -0.1) is 0 Å². The van der Waals surface area contributed by atoms with Gasteiger partial charge in [-0.2, -0.15) is 0 Å². The van der Waals surface area contributed by atoms with Gasteiger partial charge in [-0.05, 0) is 43.7 Å². The number of nitrogens with one attached hydrogen (secondary N) is 2. The van der Waals surface area contributed by atoms with Crippen molar-refractivity contribution in [2.24, 2.45) is 5.92 Å². The summed E-state index contributed by atoms with van der Waals surface area (Å²) in [6.07, 6.45) is 5.77. The first kappa shape index (κ1) is 19.4. The summed E-state index contributed by atoms with van der Waals surface area (Å²) in [7, 11) is 0. The van der Waals surface area contributed by atoms with Crippen molar-refractivity contribution in [1.29, 1.82) is 0 Å². The monoisotopic (exact) mass is 376 g/mol. The van der Waals surface area contributed by atoms with Crippen LogP contribution in [0.1, 0.15) is 38.2 Å². The van der Waals surface area contributed by atoms with Crippen molar-refractivity contribution in [3.8, 4) is 5.88 Å². The maximum atomic E-state index is 12.0. The molecule has 0 spiro atoms. The Labute approximate surface area is 159 Å². The summed E-state index contributed by atoms with van der Waals surface area (Å²) < 4.78 is 5.60. The zero-order valence-electron chi connectivity index (χ0n) is 15.7. The third-order valence-electron chi connectivity index (χ3n) is 5.12. The van der Waals surface area contributed by atoms with Gasteiger partial charge in [0.1, 0.15) is 0 Å². The molecule has 3 N–H and O–H groups in total. The molecule has 0 aromatic carbocycles. The standard InChI is InChI=1S/C19H28N4O4/c1-2-23(11-18(24)25)16-7-15(8-16)22-19(26)21-10-14-5-6-17(20-9-14)27-12-13-3-4-13/h5-6,9,13,15-16H,2-4,7-8,10-12H2,1H3,(H,24,25)(H2,21,22,26). The van der Waals surface area contributed by atoms with Crippen LogP contribution in [-0.2, 0) is 11.3 Å². The number of pyridine rings is 1. The number of ether oxygens (including phenoxy) is 1. The minimum Gasteiger partial charge on any atom is -0.480 e. The minimum atomic E-state index is -0.816. The van der Waals surface area contributed by atoms with E-state index < -0.39 is 5.97 Å². The molecule has 0 saturated heterocycles. The zero-order valence-corrected chi connectivity index (χ0v) is 15.7. The van der Waals surface area contributed by atoms with E-state index in [0.29, 0.717) is 24.9 Å². The van der Waals surface area contributed by atoms with Crippen LogP contribution in [0.25, 0.3) is 0 Å². The number of carbonyl (C=O) groups is 2. The normalized spacial score (nSPS) is 21.4. The summed E-state index contributed by atoms with van der Waals surface area (Å²) >= 11 is 0. The van der Waals surface area contributed by atoms with Gasteiger partial charge in [0, 0.05) is 30.9 Å². The lowest BCUT2D eigenvalue weighted by molar-refractivity contribution is -0.139. The third-order valence-corrected chi connectivity index (χ3v) is 5.12. The fourth-order valence-corrected chi connectivity index (χ4v) is 3.18. The number of nitrogens with zero attached hydrogens (tertiary/aromatic N) is 2. The molecule has 0 radical (unpaired) electrons. The predicted molar refractivity (Wildman–Crippen MR) is 99.5 cm³/mol. The largest absolute Gasteiger partial charge is 0.480 e. The van der Waals surface area contributed by atoms with E-state index in [1.54, 1.807) is 6.20 Å². The van der Waals surface area contributed by atoms with Gasteiger partial charge in [-0.3, -0.25) is 9.69 Å². The quantitative estimate of drug-likeness (QED) is 0.573. The Morgan fingerprint density at radius 3 is 2.70 bits per heavy atom. The van der Waals surface area contributed by atoms with Gasteiger partial charge in [0.25, 0.3) is 0 Å². The van der Waals surface area contributed by atoms with Crippen LogP contribution in [0.5, 0.6) is 5.88 Å². The van der Waals surface area contributed by atoms with Gasteiger partial charge in [-0.1, -0.05) is 13.0 Å². The number of carbonyl (C=O) groups excluding carboxylic acids is 1. The number of carboxylic acid groups (broad SMARTS) is 1. The summed E-state index contributed by atoms with van der Waals surface area (Å²) in [6.45, 7) is 3.83. The maximum absolute atomic E-state index is 12.0. The number of urea groups is 1. The molecule has 0 unspecified atom stereocenters. The summed E-state index contributed by atoms with van der Waals surface area (Å²) in [5.74, 6) is 0.498. The lowest BCUT2D eigenvalue weighted by Crippen LogP contribution is -2.56. The number of aromatic nitrogens is 1. The van der Waals surface area contributed by atoms with E-state index in [9.17, 15) is 9.59 Å². The summed E-state index contributed by atoms with van der Waals surface area (Å²) in [5, 5.41) is 14.7. The molecule has 1 heterocycles. The van der Waals surface area contributed by atoms with Crippen molar-refractivity contribution in [1.82, 2.24) is 20.5 Å². The van der Waals surface area contributed by atoms with Crippen LogP contribution in [-0.4, -0.2) is 58.8 Å². The minimum absolute atomic E-state index is 0.0491. The summed E-state index contributed by atoms with van der Waals surface area (Å²) in [5.41, 5.74) is 0.911. The first-order chi connectivity index (χ1) is 13.0. The predicted octanol–water partition coefficient (Wildman–Crippen LogP) is 1.61. The molecule has 0 aliphatic heterocycles. The van der Waals surface area contributed by atoms with Crippen molar-refractivity contribution in [2.45, 2.75) is 51.2 Å². The second kappa shape index (κ2) is 9.03. The van der Waals surface area contributed by atoms with E-state index in [2.05, 4.69) is 15.6 Å². The Kier molecular flexibility index (Phi) is 6.49. The van der Waals surface area contributed by atoms with Crippen molar-refractivity contribution >= 4 is 12.0 Å². The number of carboxylic acids is 1. The Morgan fingerprint density at radius 1 is 1.33 bits per heavy atom. The summed E-state index contributed by atoms with van der Waals surface area (Å²) in [4.78, 5) is 29.1. The average molecular weight is 376 g/mol. The lowest BCUT2D eigenvalue weighted by Gasteiger charge is -2.42. The molecule has 2 amide bonds. The average Bonchev–Trinajstić information content (AvgIpc) is 3.44. The highest BCUT2D eigenvalue weighted by Gasteiger charge is 2.34. The highest BCUT2D eigenvalue weighted by Crippen LogP contribution is 2.29. The van der Waals surface area contributed by atoms with Crippen LogP contribution in [0.2, 0.25) is 0 Å². The molecule has 148 valence electrons. The van der Waals surface area contributed by atoms with Crippen molar-refractivity contribution < 1.29 is 19.4 Å². The van der Waals surface area contributed by atoms with Crippen LogP contribution < -0.4 is 15.4 Å². The fraction of sp³-hybridized carbons (Fsp3) is 0.632. The van der Waals surface area contributed by atoms with Crippen LogP contribution in [0.4, 0.5) is 4.79 Å². The maximum Gasteiger partial charge on any atom is 0.317 e. The topological polar surface area (TPSA) is 104 Å². The Balaban J connectivity index is 1.32.